The molecule has 2 aliphatic heterocycles. The molecule has 3 aromatic rings. The molecule has 2 fully saturated rings. The first kappa shape index (κ1) is 28.9. The molecular formula is C28H28F3N5O6. The van der Waals surface area contributed by atoms with Crippen molar-refractivity contribution < 1.29 is 37.4 Å². The molecule has 2 atom stereocenters. The highest BCUT2D eigenvalue weighted by molar-refractivity contribution is 5.94. The van der Waals surface area contributed by atoms with Gasteiger partial charge < -0.3 is 29.9 Å². The number of cyclic esters (lactones) is 1. The summed E-state index contributed by atoms with van der Waals surface area (Å²) >= 11 is 0. The first-order valence-electron chi connectivity index (χ1n) is 13.2. The molecule has 222 valence electrons. The predicted molar refractivity (Wildman–Crippen MR) is 148 cm³/mol. The highest BCUT2D eigenvalue weighted by atomic mass is 19.1. The van der Waals surface area contributed by atoms with Crippen molar-refractivity contribution in [2.45, 2.75) is 32.5 Å². The van der Waals surface area contributed by atoms with Crippen molar-refractivity contribution in [3.05, 3.63) is 63.7 Å². The van der Waals surface area contributed by atoms with E-state index in [1.165, 1.54) is 39.5 Å². The lowest BCUT2D eigenvalue weighted by Crippen LogP contribution is -2.47. The number of ether oxygens (including phenoxy) is 1. The van der Waals surface area contributed by atoms with E-state index in [0.717, 1.165) is 12.3 Å². The molecule has 0 radical (unpaired) electrons. The molecule has 5 rings (SSSR count). The highest BCUT2D eigenvalue weighted by Gasteiger charge is 2.38. The zero-order valence-electron chi connectivity index (χ0n) is 22.8. The van der Waals surface area contributed by atoms with Gasteiger partial charge in [-0.1, -0.05) is 0 Å². The summed E-state index contributed by atoms with van der Waals surface area (Å²) in [6.07, 6.45) is -0.556. The number of carbonyl (C=O) groups is 3. The van der Waals surface area contributed by atoms with Crippen molar-refractivity contribution in [1.82, 2.24) is 4.57 Å². The first-order chi connectivity index (χ1) is 19.9. The molecule has 0 saturated carbocycles. The smallest absolute Gasteiger partial charge is 0.414 e. The average molecular weight is 588 g/mol. The van der Waals surface area contributed by atoms with Crippen LogP contribution in [0.2, 0.25) is 0 Å². The lowest BCUT2D eigenvalue weighted by Gasteiger charge is -2.38. The normalized spacial score (nSPS) is 18.0. The van der Waals surface area contributed by atoms with E-state index >= 15 is 13.2 Å². The van der Waals surface area contributed by atoms with Crippen LogP contribution in [0.3, 0.4) is 0 Å². The van der Waals surface area contributed by atoms with E-state index in [1.807, 2.05) is 0 Å². The zero-order chi connectivity index (χ0) is 30.5. The molecule has 1 amide bonds. The summed E-state index contributed by atoms with van der Waals surface area (Å²) in [5, 5.41) is 8.96. The van der Waals surface area contributed by atoms with E-state index in [4.69, 9.17) is 10.5 Å². The minimum absolute atomic E-state index is 0.0105. The van der Waals surface area contributed by atoms with E-state index in [1.54, 1.807) is 11.8 Å². The SMILES string of the molecule is CCn1cc(C(=O)O)c(=O)c2cc(F)c(N3CCN(c4ccc(N5CC([C@H](N)C(C)=O)OC5=O)cc4F)CC3)c(F)c21. The Hall–Kier alpha value is -4.59. The summed E-state index contributed by atoms with van der Waals surface area (Å²) in [5.41, 5.74) is 4.14. The molecule has 2 saturated heterocycles. The third-order valence-electron chi connectivity index (χ3n) is 7.69. The molecule has 3 heterocycles. The van der Waals surface area contributed by atoms with Crippen LogP contribution in [0.4, 0.5) is 35.0 Å². The van der Waals surface area contributed by atoms with E-state index in [0.29, 0.717) is 0 Å². The molecule has 2 aliphatic rings. The van der Waals surface area contributed by atoms with Gasteiger partial charge in [0.1, 0.15) is 40.8 Å². The van der Waals surface area contributed by atoms with Gasteiger partial charge in [-0.25, -0.2) is 22.8 Å². The molecular weight excluding hydrogens is 559 g/mol. The molecule has 0 bridgehead atoms. The van der Waals surface area contributed by atoms with Crippen LogP contribution in [0.25, 0.3) is 10.9 Å². The number of piperazine rings is 1. The van der Waals surface area contributed by atoms with Crippen molar-refractivity contribution in [3.63, 3.8) is 0 Å². The van der Waals surface area contributed by atoms with Gasteiger partial charge in [0, 0.05) is 38.9 Å². The lowest BCUT2D eigenvalue weighted by molar-refractivity contribution is -0.120. The van der Waals surface area contributed by atoms with Crippen LogP contribution in [-0.4, -0.2) is 72.4 Å². The first-order valence-corrected chi connectivity index (χ1v) is 13.2. The number of carboxylic acids is 1. The fraction of sp³-hybridized carbons (Fsp3) is 0.357. The second-order valence-corrected chi connectivity index (χ2v) is 10.2. The number of fused-ring (bicyclic) bond motifs is 1. The summed E-state index contributed by atoms with van der Waals surface area (Å²) in [5.74, 6) is -4.45. The number of hydrogen-bond donors (Lipinski definition) is 2. The number of ketones is 1. The number of Topliss-reactive ketones (excluding diaryl/α,β-unsaturated/α-hetero) is 1. The van der Waals surface area contributed by atoms with Crippen LogP contribution in [0.15, 0.2) is 35.3 Å². The Morgan fingerprint density at radius 2 is 1.74 bits per heavy atom. The van der Waals surface area contributed by atoms with Crippen LogP contribution in [-0.2, 0) is 16.1 Å². The summed E-state index contributed by atoms with van der Waals surface area (Å²) < 4.78 is 52.7. The van der Waals surface area contributed by atoms with E-state index < -0.39 is 52.7 Å². The number of rotatable bonds is 7. The Labute approximate surface area is 237 Å². The number of benzene rings is 2. The van der Waals surface area contributed by atoms with Crippen molar-refractivity contribution in [1.29, 1.82) is 0 Å². The van der Waals surface area contributed by atoms with Gasteiger partial charge in [-0.2, -0.15) is 0 Å². The number of pyridine rings is 1. The highest BCUT2D eigenvalue weighted by Crippen LogP contribution is 2.33. The van der Waals surface area contributed by atoms with Crippen LogP contribution in [0, 0.1) is 17.5 Å². The van der Waals surface area contributed by atoms with E-state index in [2.05, 4.69) is 0 Å². The van der Waals surface area contributed by atoms with Gasteiger partial charge in [0.25, 0.3) is 0 Å². The van der Waals surface area contributed by atoms with E-state index in [-0.39, 0.29) is 73.0 Å². The number of nitrogens with zero attached hydrogens (tertiary/aromatic N) is 4. The monoisotopic (exact) mass is 587 g/mol. The van der Waals surface area contributed by atoms with E-state index in [9.17, 15) is 24.3 Å². The number of aryl methyl sites for hydroxylation is 1. The average Bonchev–Trinajstić information content (AvgIpc) is 3.34. The number of aromatic nitrogens is 1. The number of carboxylic acid groups (broad SMARTS) is 1. The molecule has 11 nitrogen and oxygen atoms in total. The van der Waals surface area contributed by atoms with Crippen LogP contribution >= 0.6 is 0 Å². The number of hydrogen-bond acceptors (Lipinski definition) is 8. The molecule has 1 aromatic heterocycles. The summed E-state index contributed by atoms with van der Waals surface area (Å²) in [6, 6.07) is 4.06. The zero-order valence-corrected chi connectivity index (χ0v) is 22.8. The number of anilines is 3. The minimum Gasteiger partial charge on any atom is -0.477 e. The Morgan fingerprint density at radius 3 is 2.33 bits per heavy atom. The maximum absolute atomic E-state index is 15.8. The number of amides is 1. The quantitative estimate of drug-likeness (QED) is 0.427. The summed E-state index contributed by atoms with van der Waals surface area (Å²) in [4.78, 5) is 52.3. The van der Waals surface area contributed by atoms with Gasteiger partial charge in [-0.3, -0.25) is 14.5 Å². The molecule has 42 heavy (non-hydrogen) atoms. The second-order valence-electron chi connectivity index (χ2n) is 10.2. The van der Waals surface area contributed by atoms with Gasteiger partial charge in [0.2, 0.25) is 5.43 Å². The minimum atomic E-state index is -1.49. The molecule has 14 heteroatoms. The largest absolute Gasteiger partial charge is 0.477 e. The maximum atomic E-state index is 15.8. The molecule has 3 N–H and O–H groups in total. The van der Waals surface area contributed by atoms with Gasteiger partial charge >= 0.3 is 12.1 Å². The van der Waals surface area contributed by atoms with Crippen molar-refractivity contribution in [2.75, 3.05) is 47.4 Å². The number of carbonyl (C=O) groups excluding carboxylic acids is 2. The van der Waals surface area contributed by atoms with Gasteiger partial charge in [0.15, 0.2) is 5.82 Å². The van der Waals surface area contributed by atoms with Gasteiger partial charge in [0.05, 0.1) is 28.8 Å². The standard InChI is InChI=1S/C28H28F3N5O6/c1-3-33-12-17(27(39)40)26(38)16-11-19(30)25(22(31)24(16)33)35-8-6-34(7-9-35)20-5-4-15(10-18(20)29)36-13-21(42-28(36)41)23(32)14(2)37/h4-5,10-12,21,23H,3,6-9,13,32H2,1-2H3,(H,39,40)/t21?,23-/m1/s1. The van der Waals surface area contributed by atoms with Crippen molar-refractivity contribution >= 4 is 45.8 Å². The van der Waals surface area contributed by atoms with Crippen LogP contribution in [0.1, 0.15) is 24.2 Å². The van der Waals surface area contributed by atoms with Gasteiger partial charge in [-0.15, -0.1) is 0 Å². The summed E-state index contributed by atoms with van der Waals surface area (Å²) in [7, 11) is 0. The third kappa shape index (κ3) is 4.91. The lowest BCUT2D eigenvalue weighted by atomic mass is 10.1. The van der Waals surface area contributed by atoms with Crippen LogP contribution < -0.4 is 25.9 Å². The second kappa shape index (κ2) is 11.0. The number of nitrogens with two attached hydrogens (primary N) is 1. The number of halogens is 3. The fourth-order valence-corrected chi connectivity index (χ4v) is 5.40. The third-order valence-corrected chi connectivity index (χ3v) is 7.69. The van der Waals surface area contributed by atoms with Crippen LogP contribution in [0.5, 0.6) is 0 Å². The topological polar surface area (TPSA) is 138 Å². The Morgan fingerprint density at radius 1 is 1.07 bits per heavy atom. The van der Waals surface area contributed by atoms with Crippen molar-refractivity contribution in [2.24, 2.45) is 5.73 Å². The van der Waals surface area contributed by atoms with Gasteiger partial charge in [-0.05, 0) is 38.1 Å². The molecule has 0 aliphatic carbocycles. The summed E-state index contributed by atoms with van der Waals surface area (Å²) in [6.45, 7) is 3.70. The molecule has 1 unspecified atom stereocenters. The molecule has 0 spiro atoms. The Balaban J connectivity index is 1.36. The predicted octanol–water partition coefficient (Wildman–Crippen LogP) is 2.71. The number of aromatic carboxylic acids is 1. The maximum Gasteiger partial charge on any atom is 0.414 e. The molecule has 2 aromatic carbocycles. The Kier molecular flexibility index (Phi) is 7.58. The van der Waals surface area contributed by atoms with Crippen molar-refractivity contribution in [3.8, 4) is 0 Å². The fourth-order valence-electron chi connectivity index (χ4n) is 5.40. The Bertz CT molecular complexity index is 1670.